The highest BCUT2D eigenvalue weighted by atomic mass is 15.0. The third-order valence-corrected chi connectivity index (χ3v) is 3.20. The van der Waals surface area contributed by atoms with E-state index in [4.69, 9.17) is 0 Å². The molecule has 0 amide bonds. The van der Waals surface area contributed by atoms with Crippen molar-refractivity contribution in [3.05, 3.63) is 23.5 Å². The standard InChI is InChI=1S/C12H20N2/c1-3-5-11-10-6-7-13-12(10)8-9(4-2)14-11/h6-7,9,11,13-14H,3-5,8H2,1-2H3. The van der Waals surface area contributed by atoms with E-state index in [0.717, 1.165) is 0 Å². The molecule has 1 aliphatic rings. The zero-order chi connectivity index (χ0) is 9.97. The van der Waals surface area contributed by atoms with Gasteiger partial charge in [0.15, 0.2) is 0 Å². The lowest BCUT2D eigenvalue weighted by molar-refractivity contribution is 0.374. The van der Waals surface area contributed by atoms with Crippen molar-refractivity contribution in [2.24, 2.45) is 0 Å². The molecule has 2 heteroatoms. The van der Waals surface area contributed by atoms with Crippen LogP contribution in [0.2, 0.25) is 0 Å². The Bertz CT molecular complexity index is 290. The van der Waals surface area contributed by atoms with Gasteiger partial charge in [0.2, 0.25) is 0 Å². The molecule has 2 rings (SSSR count). The lowest BCUT2D eigenvalue weighted by Gasteiger charge is -2.30. The number of aromatic amines is 1. The number of H-pyrrole nitrogens is 1. The van der Waals surface area contributed by atoms with Gasteiger partial charge < -0.3 is 10.3 Å². The molecule has 0 fully saturated rings. The van der Waals surface area contributed by atoms with E-state index >= 15 is 0 Å². The van der Waals surface area contributed by atoms with Gasteiger partial charge in [-0.1, -0.05) is 20.3 Å². The number of nitrogens with one attached hydrogen (secondary N) is 2. The summed E-state index contributed by atoms with van der Waals surface area (Å²) in [5, 5.41) is 3.73. The van der Waals surface area contributed by atoms with Gasteiger partial charge in [0, 0.05) is 30.4 Å². The second kappa shape index (κ2) is 4.18. The normalized spacial score (nSPS) is 26.1. The van der Waals surface area contributed by atoms with Crippen LogP contribution in [-0.2, 0) is 6.42 Å². The molecule has 2 heterocycles. The first-order chi connectivity index (χ1) is 6.85. The third kappa shape index (κ3) is 1.71. The molecule has 0 bridgehead atoms. The molecule has 2 unspecified atom stereocenters. The Hall–Kier alpha value is -0.760. The zero-order valence-electron chi connectivity index (χ0n) is 9.14. The fourth-order valence-electron chi connectivity index (χ4n) is 2.39. The second-order valence-corrected chi connectivity index (χ2v) is 4.23. The monoisotopic (exact) mass is 192 g/mol. The van der Waals surface area contributed by atoms with Gasteiger partial charge in [-0.2, -0.15) is 0 Å². The van der Waals surface area contributed by atoms with Crippen LogP contribution in [0.15, 0.2) is 12.3 Å². The largest absolute Gasteiger partial charge is 0.365 e. The number of aromatic nitrogens is 1. The summed E-state index contributed by atoms with van der Waals surface area (Å²) < 4.78 is 0. The highest BCUT2D eigenvalue weighted by Gasteiger charge is 2.24. The molecule has 2 atom stereocenters. The Labute approximate surface area is 86.1 Å². The minimum Gasteiger partial charge on any atom is -0.365 e. The molecule has 0 saturated heterocycles. The molecule has 0 aromatic carbocycles. The molecule has 0 spiro atoms. The van der Waals surface area contributed by atoms with E-state index in [1.807, 2.05) is 0 Å². The molecular weight excluding hydrogens is 172 g/mol. The molecule has 2 nitrogen and oxygen atoms in total. The average molecular weight is 192 g/mol. The first-order valence-corrected chi connectivity index (χ1v) is 5.77. The van der Waals surface area contributed by atoms with Gasteiger partial charge in [-0.15, -0.1) is 0 Å². The summed E-state index contributed by atoms with van der Waals surface area (Å²) in [6, 6.07) is 3.48. The lowest BCUT2D eigenvalue weighted by atomic mass is 9.92. The van der Waals surface area contributed by atoms with E-state index in [2.05, 4.69) is 36.4 Å². The van der Waals surface area contributed by atoms with Gasteiger partial charge in [0.05, 0.1) is 0 Å². The van der Waals surface area contributed by atoms with Crippen molar-refractivity contribution in [3.63, 3.8) is 0 Å². The Balaban J connectivity index is 2.19. The number of hydrogen-bond donors (Lipinski definition) is 2. The van der Waals surface area contributed by atoms with Crippen LogP contribution in [0.5, 0.6) is 0 Å². The minimum atomic E-state index is 0.583. The Morgan fingerprint density at radius 3 is 3.00 bits per heavy atom. The molecule has 0 saturated carbocycles. The SMILES string of the molecule is CCCC1NC(CC)Cc2[nH]ccc21. The van der Waals surface area contributed by atoms with Gasteiger partial charge in [0.25, 0.3) is 0 Å². The first-order valence-electron chi connectivity index (χ1n) is 5.77. The summed E-state index contributed by atoms with van der Waals surface area (Å²) in [4.78, 5) is 3.37. The summed E-state index contributed by atoms with van der Waals surface area (Å²) in [5.74, 6) is 0. The fourth-order valence-corrected chi connectivity index (χ4v) is 2.39. The fraction of sp³-hybridized carbons (Fsp3) is 0.667. The summed E-state index contributed by atoms with van der Waals surface area (Å²) in [5.41, 5.74) is 2.95. The van der Waals surface area contributed by atoms with Gasteiger partial charge in [0.1, 0.15) is 0 Å². The van der Waals surface area contributed by atoms with Crippen molar-refractivity contribution >= 4 is 0 Å². The summed E-state index contributed by atoms with van der Waals surface area (Å²) in [6.45, 7) is 4.51. The third-order valence-electron chi connectivity index (χ3n) is 3.20. The van der Waals surface area contributed by atoms with Gasteiger partial charge in [-0.25, -0.2) is 0 Å². The van der Waals surface area contributed by atoms with Gasteiger partial charge >= 0.3 is 0 Å². The summed E-state index contributed by atoms with van der Waals surface area (Å²) >= 11 is 0. The second-order valence-electron chi connectivity index (χ2n) is 4.23. The van der Waals surface area contributed by atoms with Crippen LogP contribution in [0.3, 0.4) is 0 Å². The van der Waals surface area contributed by atoms with Crippen LogP contribution >= 0.6 is 0 Å². The van der Waals surface area contributed by atoms with Crippen LogP contribution in [0.1, 0.15) is 50.4 Å². The smallest absolute Gasteiger partial charge is 0.0340 e. The summed E-state index contributed by atoms with van der Waals surface area (Å²) in [7, 11) is 0. The van der Waals surface area contributed by atoms with Crippen LogP contribution in [0, 0.1) is 0 Å². The molecule has 14 heavy (non-hydrogen) atoms. The van der Waals surface area contributed by atoms with E-state index in [9.17, 15) is 0 Å². The highest BCUT2D eigenvalue weighted by Crippen LogP contribution is 2.28. The van der Waals surface area contributed by atoms with Crippen molar-refractivity contribution in [2.45, 2.75) is 51.6 Å². The number of rotatable bonds is 3. The maximum absolute atomic E-state index is 3.73. The van der Waals surface area contributed by atoms with E-state index in [1.54, 1.807) is 0 Å². The number of hydrogen-bond acceptors (Lipinski definition) is 1. The molecular formula is C12H20N2. The molecule has 0 aliphatic carbocycles. The number of fused-ring (bicyclic) bond motifs is 1. The van der Waals surface area contributed by atoms with Crippen molar-refractivity contribution in [1.82, 2.24) is 10.3 Å². The van der Waals surface area contributed by atoms with Crippen LogP contribution in [0.4, 0.5) is 0 Å². The van der Waals surface area contributed by atoms with Gasteiger partial charge in [-0.05, 0) is 24.5 Å². The Morgan fingerprint density at radius 2 is 2.29 bits per heavy atom. The minimum absolute atomic E-state index is 0.583. The molecule has 1 aromatic heterocycles. The van der Waals surface area contributed by atoms with E-state index in [1.165, 1.54) is 36.9 Å². The van der Waals surface area contributed by atoms with Gasteiger partial charge in [-0.3, -0.25) is 0 Å². The quantitative estimate of drug-likeness (QED) is 0.757. The highest BCUT2D eigenvalue weighted by molar-refractivity contribution is 5.28. The van der Waals surface area contributed by atoms with Crippen molar-refractivity contribution in [3.8, 4) is 0 Å². The van der Waals surface area contributed by atoms with Crippen molar-refractivity contribution in [2.75, 3.05) is 0 Å². The lowest BCUT2D eigenvalue weighted by Crippen LogP contribution is -2.38. The van der Waals surface area contributed by atoms with E-state index < -0.39 is 0 Å². The van der Waals surface area contributed by atoms with Crippen molar-refractivity contribution in [1.29, 1.82) is 0 Å². The van der Waals surface area contributed by atoms with Crippen LogP contribution in [-0.4, -0.2) is 11.0 Å². The predicted molar refractivity (Wildman–Crippen MR) is 59.4 cm³/mol. The van der Waals surface area contributed by atoms with Crippen molar-refractivity contribution < 1.29 is 0 Å². The first kappa shape index (κ1) is 9.78. The van der Waals surface area contributed by atoms with Crippen LogP contribution < -0.4 is 5.32 Å². The Morgan fingerprint density at radius 1 is 1.43 bits per heavy atom. The molecule has 78 valence electrons. The molecule has 1 aliphatic heterocycles. The van der Waals surface area contributed by atoms with E-state index in [0.29, 0.717) is 12.1 Å². The predicted octanol–water partition coefficient (Wildman–Crippen LogP) is 2.78. The molecule has 2 N–H and O–H groups in total. The maximum atomic E-state index is 3.73. The summed E-state index contributed by atoms with van der Waals surface area (Å²) in [6.07, 6.45) is 6.96. The topological polar surface area (TPSA) is 27.8 Å². The molecule has 1 aromatic rings. The molecule has 0 radical (unpaired) electrons. The average Bonchev–Trinajstić information content (AvgIpc) is 2.66. The van der Waals surface area contributed by atoms with Crippen LogP contribution in [0.25, 0.3) is 0 Å². The zero-order valence-corrected chi connectivity index (χ0v) is 9.14. The maximum Gasteiger partial charge on any atom is 0.0340 e. The van der Waals surface area contributed by atoms with E-state index in [-0.39, 0.29) is 0 Å². The Kier molecular flexibility index (Phi) is 2.92.